The average molecular weight is 208 g/mol. The van der Waals surface area contributed by atoms with Gasteiger partial charge in [0.2, 0.25) is 0 Å². The molecule has 0 aliphatic rings. The molecule has 0 fully saturated rings. The molecule has 15 heavy (non-hydrogen) atoms. The van der Waals surface area contributed by atoms with Gasteiger partial charge in [0.1, 0.15) is 5.70 Å². The minimum Gasteiger partial charge on any atom is -0.466 e. The summed E-state index contributed by atoms with van der Waals surface area (Å²) in [6, 6.07) is 0. The number of azide groups is 2. The average Bonchev–Trinajstić information content (AvgIpc) is 2.23. The van der Waals surface area contributed by atoms with E-state index in [2.05, 4.69) is 24.8 Å². The molecule has 8 nitrogen and oxygen atoms in total. The Bertz CT molecular complexity index is 398. The van der Waals surface area contributed by atoms with E-state index < -0.39 is 5.97 Å². The highest BCUT2D eigenvalue weighted by Crippen LogP contribution is 2.03. The highest BCUT2D eigenvalue weighted by atomic mass is 16.5. The second kappa shape index (κ2) is 7.02. The first-order valence-electron chi connectivity index (χ1n) is 3.72. The number of carbonyl (C=O) groups is 1. The fraction of sp³-hybridized carbons (Fsp3) is 0.286. The zero-order chi connectivity index (χ0) is 11.7. The highest BCUT2D eigenvalue weighted by Gasteiger charge is 2.04. The molecule has 0 unspecified atom stereocenters. The molecule has 0 amide bonds. The molecule has 0 saturated carbocycles. The van der Waals surface area contributed by atoms with Crippen molar-refractivity contribution in [1.29, 1.82) is 0 Å². The van der Waals surface area contributed by atoms with E-state index in [1.165, 1.54) is 19.1 Å². The smallest absolute Gasteiger partial charge is 0.340 e. The van der Waals surface area contributed by atoms with E-state index in [1.54, 1.807) is 0 Å². The van der Waals surface area contributed by atoms with Crippen LogP contribution in [0.5, 0.6) is 0 Å². The Labute approximate surface area is 85.1 Å². The topological polar surface area (TPSA) is 124 Å². The number of hydrogen-bond donors (Lipinski definition) is 0. The summed E-state index contributed by atoms with van der Waals surface area (Å²) in [5.74, 6) is -0.766. The monoisotopic (exact) mass is 208 g/mol. The molecule has 0 aromatic carbocycles. The summed E-state index contributed by atoms with van der Waals surface area (Å²) in [6.45, 7) is 1.53. The Hall–Kier alpha value is -2.43. The largest absolute Gasteiger partial charge is 0.466 e. The van der Waals surface area contributed by atoms with Gasteiger partial charge in [-0.15, -0.1) is 0 Å². The molecule has 0 bridgehead atoms. The van der Waals surface area contributed by atoms with Crippen LogP contribution in [0.2, 0.25) is 0 Å². The molecule has 0 rings (SSSR count). The van der Waals surface area contributed by atoms with Crippen LogP contribution in [0.15, 0.2) is 33.8 Å². The van der Waals surface area contributed by atoms with Gasteiger partial charge in [0.25, 0.3) is 0 Å². The minimum absolute atomic E-state index is 0.215. The summed E-state index contributed by atoms with van der Waals surface area (Å²) in [7, 11) is 1.16. The number of nitrogens with zero attached hydrogens (tertiary/aromatic N) is 6. The summed E-state index contributed by atoms with van der Waals surface area (Å²) >= 11 is 0. The van der Waals surface area contributed by atoms with Crippen molar-refractivity contribution in [2.24, 2.45) is 10.2 Å². The molecule has 0 aromatic rings. The quantitative estimate of drug-likeness (QED) is 0.176. The zero-order valence-electron chi connectivity index (χ0n) is 8.15. The molecule has 0 N–H and O–H groups in total. The van der Waals surface area contributed by atoms with E-state index in [9.17, 15) is 4.79 Å². The first-order chi connectivity index (χ1) is 7.15. The van der Waals surface area contributed by atoms with Crippen LogP contribution in [0.4, 0.5) is 0 Å². The van der Waals surface area contributed by atoms with Gasteiger partial charge in [-0.25, -0.2) is 4.79 Å². The molecule has 0 aromatic heterocycles. The van der Waals surface area contributed by atoms with E-state index in [0.717, 1.165) is 7.11 Å². The Kier molecular flexibility index (Phi) is 5.88. The minimum atomic E-state index is -0.766. The lowest BCUT2D eigenvalue weighted by molar-refractivity contribution is -0.136. The molecule has 0 saturated heterocycles. The van der Waals surface area contributed by atoms with Crippen LogP contribution in [-0.4, -0.2) is 13.1 Å². The summed E-state index contributed by atoms with van der Waals surface area (Å²) in [4.78, 5) is 16.0. The molecule has 0 heterocycles. The maximum atomic E-state index is 11.0. The van der Waals surface area contributed by atoms with Crippen LogP contribution in [0.25, 0.3) is 20.9 Å². The first-order valence-corrected chi connectivity index (χ1v) is 3.72. The lowest BCUT2D eigenvalue weighted by atomic mass is 10.3. The predicted octanol–water partition coefficient (Wildman–Crippen LogP) is 2.57. The van der Waals surface area contributed by atoms with Crippen molar-refractivity contribution in [3.63, 3.8) is 0 Å². The van der Waals surface area contributed by atoms with E-state index in [0.29, 0.717) is 5.70 Å². The Morgan fingerprint density at radius 3 is 2.33 bits per heavy atom. The number of methoxy groups -OCH3 is 1. The van der Waals surface area contributed by atoms with Crippen LogP contribution < -0.4 is 0 Å². The van der Waals surface area contributed by atoms with Crippen molar-refractivity contribution in [3.05, 3.63) is 44.4 Å². The molecular weight excluding hydrogens is 200 g/mol. The lowest BCUT2D eigenvalue weighted by Crippen LogP contribution is -2.01. The number of esters is 1. The van der Waals surface area contributed by atoms with Gasteiger partial charge < -0.3 is 4.74 Å². The summed E-state index contributed by atoms with van der Waals surface area (Å²) in [5, 5.41) is 6.37. The van der Waals surface area contributed by atoms with Crippen LogP contribution >= 0.6 is 0 Å². The van der Waals surface area contributed by atoms with Crippen molar-refractivity contribution in [2.45, 2.75) is 6.92 Å². The van der Waals surface area contributed by atoms with Gasteiger partial charge in [0.05, 0.1) is 7.11 Å². The second-order valence-electron chi connectivity index (χ2n) is 2.23. The third-order valence-electron chi connectivity index (χ3n) is 1.23. The zero-order valence-corrected chi connectivity index (χ0v) is 8.15. The number of hydrogen-bond acceptors (Lipinski definition) is 4. The van der Waals surface area contributed by atoms with Crippen molar-refractivity contribution in [3.8, 4) is 0 Å². The molecule has 0 aliphatic heterocycles. The van der Waals surface area contributed by atoms with Gasteiger partial charge in [-0.1, -0.05) is 16.3 Å². The normalized spacial score (nSPS) is 11.1. The molecule has 78 valence electrons. The number of carbonyl (C=O) groups excluding carboxylic acids is 1. The van der Waals surface area contributed by atoms with E-state index in [4.69, 9.17) is 11.1 Å². The van der Waals surface area contributed by atoms with E-state index >= 15 is 0 Å². The van der Waals surface area contributed by atoms with E-state index in [-0.39, 0.29) is 5.70 Å². The van der Waals surface area contributed by atoms with Crippen LogP contribution in [0.3, 0.4) is 0 Å². The summed E-state index contributed by atoms with van der Waals surface area (Å²) < 4.78 is 4.35. The fourth-order valence-electron chi connectivity index (χ4n) is 0.598. The number of rotatable bonds is 4. The Morgan fingerprint density at radius 2 is 1.87 bits per heavy atom. The van der Waals surface area contributed by atoms with Crippen LogP contribution in [0.1, 0.15) is 6.92 Å². The van der Waals surface area contributed by atoms with Crippen LogP contribution in [0, 0.1) is 0 Å². The molecule has 0 aliphatic carbocycles. The molecule has 8 heteroatoms. The Balaban J connectivity index is 5.00. The van der Waals surface area contributed by atoms with Crippen molar-refractivity contribution < 1.29 is 9.53 Å². The fourth-order valence-corrected chi connectivity index (χ4v) is 0.598. The maximum Gasteiger partial charge on any atom is 0.340 e. The third-order valence-corrected chi connectivity index (χ3v) is 1.23. The summed E-state index contributed by atoms with van der Waals surface area (Å²) in [5.41, 5.74) is 16.4. The summed E-state index contributed by atoms with van der Waals surface area (Å²) in [6.07, 6.45) is 2.54. The number of ether oxygens (including phenoxy) is 1. The second-order valence-corrected chi connectivity index (χ2v) is 2.23. The predicted molar refractivity (Wildman–Crippen MR) is 52.1 cm³/mol. The third kappa shape index (κ3) is 4.99. The molecule has 0 spiro atoms. The van der Waals surface area contributed by atoms with Crippen molar-refractivity contribution in [1.82, 2.24) is 0 Å². The molecule has 0 radical (unpaired) electrons. The van der Waals surface area contributed by atoms with Gasteiger partial charge in [-0.2, -0.15) is 0 Å². The highest BCUT2D eigenvalue weighted by molar-refractivity contribution is 5.88. The van der Waals surface area contributed by atoms with Crippen molar-refractivity contribution in [2.75, 3.05) is 7.11 Å². The maximum absolute atomic E-state index is 11.0. The van der Waals surface area contributed by atoms with Gasteiger partial charge in [-0.3, -0.25) is 0 Å². The molecule has 0 atom stereocenters. The SMILES string of the molecule is COC(=O)/C(=C/C=C(\C)N=[N+]=[N-])N=[N+]=[N-]. The van der Waals surface area contributed by atoms with Gasteiger partial charge >= 0.3 is 5.97 Å². The Morgan fingerprint density at radius 1 is 1.27 bits per heavy atom. The molecular formula is C7H8N6O2. The van der Waals surface area contributed by atoms with Gasteiger partial charge in [0.15, 0.2) is 0 Å². The lowest BCUT2D eigenvalue weighted by Gasteiger charge is -1.95. The van der Waals surface area contributed by atoms with Gasteiger partial charge in [0, 0.05) is 15.5 Å². The van der Waals surface area contributed by atoms with Crippen molar-refractivity contribution >= 4 is 5.97 Å². The van der Waals surface area contributed by atoms with Crippen LogP contribution in [-0.2, 0) is 9.53 Å². The first kappa shape index (κ1) is 12.6. The van der Waals surface area contributed by atoms with E-state index in [1.807, 2.05) is 0 Å². The number of allylic oxidation sites excluding steroid dienone is 3. The van der Waals surface area contributed by atoms with Gasteiger partial charge in [-0.05, 0) is 24.1 Å². The standard InChI is InChI=1S/C7H8N6O2/c1-5(10-12-8)3-4-6(11-13-9)7(14)15-2/h3-4H,1-2H3/b5-3+,6-4-.